The van der Waals surface area contributed by atoms with Crippen LogP contribution in [0.4, 0.5) is 0 Å². The van der Waals surface area contributed by atoms with E-state index in [1.807, 2.05) is 30.3 Å². The van der Waals surface area contributed by atoms with Gasteiger partial charge in [-0.2, -0.15) is 0 Å². The second kappa shape index (κ2) is 4.95. The van der Waals surface area contributed by atoms with E-state index in [0.29, 0.717) is 11.4 Å². The number of benzene rings is 2. The summed E-state index contributed by atoms with van der Waals surface area (Å²) in [5, 5.41) is 0.630. The zero-order valence-corrected chi connectivity index (χ0v) is 9.95. The van der Waals surface area contributed by atoms with Gasteiger partial charge in [0.15, 0.2) is 5.78 Å². The zero-order valence-electron chi connectivity index (χ0n) is 9.19. The molecule has 2 aromatic rings. The number of hydrogen-bond donors (Lipinski definition) is 0. The Bertz CT molecular complexity index is 575. The summed E-state index contributed by atoms with van der Waals surface area (Å²) in [6.45, 7) is 0. The van der Waals surface area contributed by atoms with E-state index in [2.05, 4.69) is 12.1 Å². The van der Waals surface area contributed by atoms with Gasteiger partial charge in [0.05, 0.1) is 0 Å². The molecule has 0 aromatic heterocycles. The Labute approximate surface area is 112 Å². The van der Waals surface area contributed by atoms with Crippen molar-refractivity contribution < 1.29 is 4.79 Å². The van der Waals surface area contributed by atoms with Crippen molar-refractivity contribution in [3.05, 3.63) is 70.2 Å². The number of ketones is 1. The topological polar surface area (TPSA) is 17.1 Å². The van der Waals surface area contributed by atoms with Crippen molar-refractivity contribution in [2.24, 2.45) is 0 Å². The summed E-state index contributed by atoms with van der Waals surface area (Å²) in [5.41, 5.74) is 3.08. The van der Waals surface area contributed by atoms with E-state index in [1.54, 1.807) is 6.07 Å². The van der Waals surface area contributed by atoms with E-state index in [0.717, 1.165) is 11.1 Å². The first-order chi connectivity index (χ1) is 8.25. The molecule has 92 valence electrons. The summed E-state index contributed by atoms with van der Waals surface area (Å²) in [6.07, 6.45) is 0.555. The van der Waals surface area contributed by atoms with E-state index in [-0.39, 0.29) is 19.1 Å². The molecule has 0 fully saturated rings. The minimum absolute atomic E-state index is 0. The van der Waals surface area contributed by atoms with Crippen LogP contribution in [0.25, 0.3) is 0 Å². The van der Waals surface area contributed by atoms with E-state index in [9.17, 15) is 4.79 Å². The molecular weight excluding hydrogens is 244 g/mol. The summed E-state index contributed by atoms with van der Waals surface area (Å²) in [5.74, 6) is 0.382. The maximum absolute atomic E-state index is 11.9. The summed E-state index contributed by atoms with van der Waals surface area (Å²) < 4.78 is 0. The van der Waals surface area contributed by atoms with Crippen LogP contribution >= 0.6 is 11.6 Å². The highest BCUT2D eigenvalue weighted by atomic mass is 35.5. The molecule has 1 nitrogen and oxygen atoms in total. The predicted octanol–water partition coefficient (Wildman–Crippen LogP) is 4.69. The third kappa shape index (κ3) is 2.06. The van der Waals surface area contributed by atoms with E-state index in [1.165, 1.54) is 5.56 Å². The summed E-state index contributed by atoms with van der Waals surface area (Å²) >= 11 is 5.93. The normalized spacial score (nSPS) is 17.2. The summed E-state index contributed by atoms with van der Waals surface area (Å²) in [7, 11) is 0. The molecule has 0 spiro atoms. The Morgan fingerprint density at radius 2 is 1.78 bits per heavy atom. The number of carbonyl (C=O) groups is 1. The molecule has 0 amide bonds. The van der Waals surface area contributed by atoms with Crippen molar-refractivity contribution in [2.75, 3.05) is 0 Å². The molecule has 0 unspecified atom stereocenters. The lowest BCUT2D eigenvalue weighted by Gasteiger charge is -2.10. The largest absolute Gasteiger partial charge is 0.294 e. The van der Waals surface area contributed by atoms with Gasteiger partial charge in [-0.25, -0.2) is 0 Å². The number of Topliss-reactive ketones (excluding diaryl/α,β-unsaturated/α-hetero) is 1. The van der Waals surface area contributed by atoms with Crippen molar-refractivity contribution in [3.63, 3.8) is 0 Å². The molecule has 1 atom stereocenters. The average molecular weight is 259 g/mol. The van der Waals surface area contributed by atoms with Crippen LogP contribution in [0.3, 0.4) is 0 Å². The molecule has 1 aliphatic carbocycles. The van der Waals surface area contributed by atoms with Gasteiger partial charge in [-0.1, -0.05) is 55.4 Å². The van der Waals surface area contributed by atoms with Crippen LogP contribution in [0, 0.1) is 0 Å². The molecule has 0 N–H and O–H groups in total. The molecule has 0 aliphatic heterocycles. The fraction of sp³-hybridized carbons (Fsp3) is 0.188. The van der Waals surface area contributed by atoms with Crippen LogP contribution in [0.5, 0.6) is 0 Å². The molecule has 0 saturated heterocycles. The Morgan fingerprint density at radius 1 is 1.06 bits per heavy atom. The van der Waals surface area contributed by atoms with Crippen LogP contribution in [-0.2, 0) is 0 Å². The minimum Gasteiger partial charge on any atom is -0.294 e. The summed E-state index contributed by atoms with van der Waals surface area (Å²) in [6, 6.07) is 15.8. The number of fused-ring (bicyclic) bond motifs is 1. The van der Waals surface area contributed by atoms with Crippen molar-refractivity contribution in [2.45, 2.75) is 19.8 Å². The van der Waals surface area contributed by atoms with Gasteiger partial charge in [-0.15, -0.1) is 0 Å². The second-order valence-corrected chi connectivity index (χ2v) is 4.76. The molecule has 0 radical (unpaired) electrons. The Hall–Kier alpha value is -1.60. The first-order valence-corrected chi connectivity index (χ1v) is 6.01. The highest BCUT2D eigenvalue weighted by Crippen LogP contribution is 2.38. The number of hydrogen-bond acceptors (Lipinski definition) is 1. The van der Waals surface area contributed by atoms with E-state index < -0.39 is 0 Å². The zero-order chi connectivity index (χ0) is 11.8. The van der Waals surface area contributed by atoms with Crippen LogP contribution in [-0.4, -0.2) is 5.78 Å². The fourth-order valence-electron chi connectivity index (χ4n) is 2.46. The maximum Gasteiger partial charge on any atom is 0.164 e. The van der Waals surface area contributed by atoms with Crippen molar-refractivity contribution >= 4 is 17.4 Å². The van der Waals surface area contributed by atoms with Crippen molar-refractivity contribution in [1.29, 1.82) is 0 Å². The Kier molecular flexibility index (Phi) is 3.53. The Morgan fingerprint density at radius 3 is 2.50 bits per heavy atom. The molecule has 3 rings (SSSR count). The second-order valence-electron chi connectivity index (χ2n) is 4.32. The highest BCUT2D eigenvalue weighted by Gasteiger charge is 2.30. The molecule has 0 saturated carbocycles. The van der Waals surface area contributed by atoms with Gasteiger partial charge in [0.1, 0.15) is 0 Å². The van der Waals surface area contributed by atoms with Gasteiger partial charge in [0, 0.05) is 22.9 Å². The van der Waals surface area contributed by atoms with Crippen LogP contribution in [0.2, 0.25) is 5.02 Å². The number of carbonyl (C=O) groups excluding carboxylic acids is 1. The van der Waals surface area contributed by atoms with Crippen molar-refractivity contribution in [1.82, 2.24) is 0 Å². The lowest BCUT2D eigenvalue weighted by molar-refractivity contribution is 0.0991. The highest BCUT2D eigenvalue weighted by molar-refractivity contribution is 6.31. The van der Waals surface area contributed by atoms with Gasteiger partial charge in [0.25, 0.3) is 0 Å². The average Bonchev–Trinajstić information content (AvgIpc) is 2.68. The minimum atomic E-state index is 0. The molecule has 1 aliphatic rings. The number of halogens is 1. The third-order valence-electron chi connectivity index (χ3n) is 3.28. The van der Waals surface area contributed by atoms with Gasteiger partial charge >= 0.3 is 0 Å². The molecule has 2 heteroatoms. The van der Waals surface area contributed by atoms with E-state index >= 15 is 0 Å². The van der Waals surface area contributed by atoms with Crippen LogP contribution in [0.1, 0.15) is 41.3 Å². The van der Waals surface area contributed by atoms with Crippen LogP contribution < -0.4 is 0 Å². The van der Waals surface area contributed by atoms with Gasteiger partial charge < -0.3 is 0 Å². The standard InChI is InChI=1S/C15H11ClO.CH4/c16-11-6-7-12-13(9-15(17)14(12)8-11)10-4-2-1-3-5-10;/h1-8,13H,9H2;1H4/t13-;/m0./s1. The smallest absolute Gasteiger partial charge is 0.164 e. The SMILES string of the molecule is C.O=C1C[C@@H](c2ccccc2)c2ccc(Cl)cc21. The third-order valence-corrected chi connectivity index (χ3v) is 3.52. The molecule has 0 bridgehead atoms. The lowest BCUT2D eigenvalue weighted by atomic mass is 9.93. The maximum atomic E-state index is 11.9. The molecular formula is C16H15ClO. The van der Waals surface area contributed by atoms with Gasteiger partial charge in [0.2, 0.25) is 0 Å². The van der Waals surface area contributed by atoms with E-state index in [4.69, 9.17) is 11.6 Å². The van der Waals surface area contributed by atoms with Crippen LogP contribution in [0.15, 0.2) is 48.5 Å². The first kappa shape index (κ1) is 12.8. The molecule has 0 heterocycles. The lowest BCUT2D eigenvalue weighted by Crippen LogP contribution is -1.95. The quantitative estimate of drug-likeness (QED) is 0.725. The predicted molar refractivity (Wildman–Crippen MR) is 75.4 cm³/mol. The van der Waals surface area contributed by atoms with Gasteiger partial charge in [-0.3, -0.25) is 4.79 Å². The van der Waals surface area contributed by atoms with Crippen molar-refractivity contribution in [3.8, 4) is 0 Å². The first-order valence-electron chi connectivity index (χ1n) is 5.63. The van der Waals surface area contributed by atoms with Gasteiger partial charge in [-0.05, 0) is 23.3 Å². The number of rotatable bonds is 1. The monoisotopic (exact) mass is 258 g/mol. The molecule has 2 aromatic carbocycles. The Balaban J connectivity index is 0.00000120. The fourth-order valence-corrected chi connectivity index (χ4v) is 2.63. The molecule has 18 heavy (non-hydrogen) atoms. The summed E-state index contributed by atoms with van der Waals surface area (Å²) in [4.78, 5) is 11.9.